The number of anilines is 1. The zero-order valence-corrected chi connectivity index (χ0v) is 22.7. The van der Waals surface area contributed by atoms with Gasteiger partial charge in [0.25, 0.3) is 11.5 Å². The molecule has 2 unspecified atom stereocenters. The van der Waals surface area contributed by atoms with Gasteiger partial charge < -0.3 is 10.6 Å². The van der Waals surface area contributed by atoms with Crippen molar-refractivity contribution < 1.29 is 9.59 Å². The van der Waals surface area contributed by atoms with Gasteiger partial charge in [-0.05, 0) is 86.8 Å². The molecule has 0 radical (unpaired) electrons. The highest BCUT2D eigenvalue weighted by molar-refractivity contribution is 6.32. The van der Waals surface area contributed by atoms with Gasteiger partial charge in [-0.25, -0.2) is 4.79 Å². The van der Waals surface area contributed by atoms with E-state index in [1.807, 2.05) is 6.07 Å². The number of benzene rings is 2. The normalized spacial score (nSPS) is 20.3. The number of carbonyl (C=O) groups is 2. The van der Waals surface area contributed by atoms with E-state index in [9.17, 15) is 19.2 Å². The number of halogens is 1. The summed E-state index contributed by atoms with van der Waals surface area (Å²) in [5, 5.41) is 15.6. The summed E-state index contributed by atoms with van der Waals surface area (Å²) in [5.41, 5.74) is 1.13. The molecule has 3 aliphatic rings. The van der Waals surface area contributed by atoms with Gasteiger partial charge in [0.05, 0.1) is 27.4 Å². The van der Waals surface area contributed by atoms with Gasteiger partial charge in [-0.3, -0.25) is 23.5 Å². The molecule has 6 rings (SSSR count). The van der Waals surface area contributed by atoms with Crippen LogP contribution in [0.2, 0.25) is 5.02 Å². The lowest BCUT2D eigenvalue weighted by Gasteiger charge is -2.21. The third-order valence-corrected chi connectivity index (χ3v) is 8.60. The number of hydrogen-bond acceptors (Lipinski definition) is 5. The maximum atomic E-state index is 13.4. The highest BCUT2D eigenvalue weighted by atomic mass is 35.5. The van der Waals surface area contributed by atoms with Crippen LogP contribution in [0.3, 0.4) is 0 Å². The average Bonchev–Trinajstić information content (AvgIpc) is 3.88. The summed E-state index contributed by atoms with van der Waals surface area (Å²) in [6, 6.07) is 11.3. The molecule has 2 N–H and O–H groups in total. The van der Waals surface area contributed by atoms with E-state index >= 15 is 0 Å². The number of hydrogen-bond donors (Lipinski definition) is 2. The Labute approximate surface area is 235 Å². The van der Waals surface area contributed by atoms with Crippen molar-refractivity contribution in [3.05, 3.63) is 73.4 Å². The SMILES string of the molecule is N#Cc1ccc(C(=O)NC2CCCC2C(=O)Nc2ccc3c(c2)c(=O)n(CC2CC2)c(=O)n3CC2CC2)cc1Cl. The van der Waals surface area contributed by atoms with Crippen LogP contribution in [0.25, 0.3) is 10.9 Å². The Balaban J connectivity index is 1.22. The number of nitrogens with one attached hydrogen (secondary N) is 2. The molecule has 3 aliphatic carbocycles. The van der Waals surface area contributed by atoms with Crippen LogP contribution in [0.1, 0.15) is 60.9 Å². The van der Waals surface area contributed by atoms with Crippen LogP contribution in [0, 0.1) is 29.1 Å². The molecular weight excluding hydrogens is 530 g/mol. The number of nitriles is 1. The minimum atomic E-state index is -0.441. The van der Waals surface area contributed by atoms with Crippen molar-refractivity contribution in [2.45, 2.75) is 64.1 Å². The lowest BCUT2D eigenvalue weighted by atomic mass is 10.0. The number of carbonyl (C=O) groups excluding carboxylic acids is 2. The summed E-state index contributed by atoms with van der Waals surface area (Å²) in [7, 11) is 0. The van der Waals surface area contributed by atoms with E-state index < -0.39 is 5.92 Å². The second kappa shape index (κ2) is 10.6. The van der Waals surface area contributed by atoms with E-state index in [1.54, 1.807) is 22.8 Å². The van der Waals surface area contributed by atoms with Gasteiger partial charge in [0.15, 0.2) is 0 Å². The largest absolute Gasteiger partial charge is 0.349 e. The summed E-state index contributed by atoms with van der Waals surface area (Å²) >= 11 is 6.09. The molecule has 0 spiro atoms. The Morgan fingerprint density at radius 1 is 0.950 bits per heavy atom. The first-order chi connectivity index (χ1) is 19.3. The molecule has 10 heteroatoms. The van der Waals surface area contributed by atoms with Crippen molar-refractivity contribution in [1.82, 2.24) is 14.5 Å². The van der Waals surface area contributed by atoms with Crippen LogP contribution in [0.4, 0.5) is 5.69 Å². The van der Waals surface area contributed by atoms with E-state index in [0.717, 1.165) is 32.1 Å². The highest BCUT2D eigenvalue weighted by Crippen LogP contribution is 2.32. The Bertz CT molecular complexity index is 1680. The molecule has 40 heavy (non-hydrogen) atoms. The fourth-order valence-corrected chi connectivity index (χ4v) is 5.86. The number of rotatable bonds is 8. The molecule has 9 nitrogen and oxygen atoms in total. The average molecular weight is 560 g/mol. The molecule has 2 aromatic carbocycles. The maximum Gasteiger partial charge on any atom is 0.331 e. The van der Waals surface area contributed by atoms with Crippen LogP contribution in [0.15, 0.2) is 46.0 Å². The van der Waals surface area contributed by atoms with Crippen LogP contribution in [-0.2, 0) is 17.9 Å². The maximum absolute atomic E-state index is 13.4. The van der Waals surface area contributed by atoms with Gasteiger partial charge in [0.1, 0.15) is 6.07 Å². The predicted octanol–water partition coefficient (Wildman–Crippen LogP) is 4.05. The molecular formula is C30H30ClN5O4. The molecule has 1 heterocycles. The number of amides is 2. The molecule has 0 aliphatic heterocycles. The summed E-state index contributed by atoms with van der Waals surface area (Å²) in [6.45, 7) is 1.03. The smallest absolute Gasteiger partial charge is 0.331 e. The van der Waals surface area contributed by atoms with E-state index in [1.165, 1.54) is 22.8 Å². The lowest BCUT2D eigenvalue weighted by Crippen LogP contribution is -2.42. The molecule has 3 saturated carbocycles. The first kappa shape index (κ1) is 26.3. The number of nitrogens with zero attached hydrogens (tertiary/aromatic N) is 3. The van der Waals surface area contributed by atoms with Gasteiger partial charge in [0.2, 0.25) is 5.91 Å². The lowest BCUT2D eigenvalue weighted by molar-refractivity contribution is -0.120. The fourth-order valence-electron chi connectivity index (χ4n) is 5.64. The van der Waals surface area contributed by atoms with Crippen molar-refractivity contribution in [3.8, 4) is 6.07 Å². The summed E-state index contributed by atoms with van der Waals surface area (Å²) < 4.78 is 3.09. The second-order valence-corrected chi connectivity index (χ2v) is 11.7. The van der Waals surface area contributed by atoms with Crippen LogP contribution in [-0.4, -0.2) is 27.0 Å². The molecule has 2 atom stereocenters. The third-order valence-electron chi connectivity index (χ3n) is 8.29. The topological polar surface area (TPSA) is 126 Å². The summed E-state index contributed by atoms with van der Waals surface area (Å²) in [6.07, 6.45) is 6.29. The zero-order valence-electron chi connectivity index (χ0n) is 22.0. The number of aromatic nitrogens is 2. The van der Waals surface area contributed by atoms with Crippen molar-refractivity contribution >= 4 is 40.0 Å². The quantitative estimate of drug-likeness (QED) is 0.431. The van der Waals surface area contributed by atoms with Crippen molar-refractivity contribution in [1.29, 1.82) is 5.26 Å². The van der Waals surface area contributed by atoms with Gasteiger partial charge in [-0.1, -0.05) is 18.0 Å². The van der Waals surface area contributed by atoms with E-state index in [4.69, 9.17) is 16.9 Å². The Morgan fingerprint density at radius 2 is 1.68 bits per heavy atom. The molecule has 1 aromatic heterocycles. The molecule has 0 saturated heterocycles. The minimum absolute atomic E-state index is 0.200. The molecule has 206 valence electrons. The molecule has 2 amide bonds. The van der Waals surface area contributed by atoms with E-state index in [2.05, 4.69) is 10.6 Å². The predicted molar refractivity (Wildman–Crippen MR) is 151 cm³/mol. The first-order valence-corrected chi connectivity index (χ1v) is 14.3. The Kier molecular flexibility index (Phi) is 6.97. The van der Waals surface area contributed by atoms with Crippen molar-refractivity contribution in [3.63, 3.8) is 0 Å². The van der Waals surface area contributed by atoms with Crippen molar-refractivity contribution in [2.24, 2.45) is 17.8 Å². The Hall–Kier alpha value is -3.90. The molecule has 0 bridgehead atoms. The van der Waals surface area contributed by atoms with Gasteiger partial charge in [-0.2, -0.15) is 5.26 Å². The zero-order chi connectivity index (χ0) is 28.0. The standard InChI is InChI=1S/C30H30ClN5O4/c31-24-12-19(8-9-20(24)14-32)27(37)34-25-3-1-2-22(25)28(38)33-21-10-11-26-23(13-21)29(39)36(16-18-6-7-18)30(40)35(26)15-17-4-5-17/h8-13,17-18,22,25H,1-7,15-16H2,(H,33,38)(H,34,37). The van der Waals surface area contributed by atoms with Gasteiger partial charge in [-0.15, -0.1) is 0 Å². The van der Waals surface area contributed by atoms with Crippen molar-refractivity contribution in [2.75, 3.05) is 5.32 Å². The first-order valence-electron chi connectivity index (χ1n) is 13.9. The van der Waals surface area contributed by atoms with Crippen LogP contribution >= 0.6 is 11.6 Å². The summed E-state index contributed by atoms with van der Waals surface area (Å²) in [5.74, 6) is -0.197. The van der Waals surface area contributed by atoms with Crippen LogP contribution in [0.5, 0.6) is 0 Å². The van der Waals surface area contributed by atoms with Gasteiger partial charge >= 0.3 is 5.69 Å². The number of fused-ring (bicyclic) bond motifs is 1. The second-order valence-electron chi connectivity index (χ2n) is 11.3. The van der Waals surface area contributed by atoms with Crippen LogP contribution < -0.4 is 21.9 Å². The monoisotopic (exact) mass is 559 g/mol. The van der Waals surface area contributed by atoms with Gasteiger partial charge in [0, 0.05) is 30.4 Å². The van der Waals surface area contributed by atoms with E-state index in [0.29, 0.717) is 59.9 Å². The summed E-state index contributed by atoms with van der Waals surface area (Å²) in [4.78, 5) is 52.8. The fraction of sp³-hybridized carbons (Fsp3) is 0.433. The third kappa shape index (κ3) is 5.28. The minimum Gasteiger partial charge on any atom is -0.349 e. The van der Waals surface area contributed by atoms with E-state index in [-0.39, 0.29) is 39.7 Å². The molecule has 3 fully saturated rings. The Morgan fingerprint density at radius 3 is 2.35 bits per heavy atom. The molecule has 3 aromatic rings. The highest BCUT2D eigenvalue weighted by Gasteiger charge is 2.34.